The average molecular weight is 580 g/mol. The summed E-state index contributed by atoms with van der Waals surface area (Å²) in [6.45, 7) is 7.84. The van der Waals surface area contributed by atoms with E-state index in [-0.39, 0.29) is 42.2 Å². The highest BCUT2D eigenvalue weighted by atomic mass is 19.1. The summed E-state index contributed by atoms with van der Waals surface area (Å²) in [6, 6.07) is 6.71. The Morgan fingerprint density at radius 2 is 1.90 bits per heavy atom. The second-order valence-electron chi connectivity index (χ2n) is 11.9. The number of benzene rings is 1. The van der Waals surface area contributed by atoms with Crippen molar-refractivity contribution in [2.75, 3.05) is 18.4 Å². The van der Waals surface area contributed by atoms with Gasteiger partial charge in [-0.3, -0.25) is 14.4 Å². The monoisotopic (exact) mass is 579 g/mol. The maximum Gasteiger partial charge on any atom is 0.405 e. The van der Waals surface area contributed by atoms with Gasteiger partial charge >= 0.3 is 6.09 Å². The van der Waals surface area contributed by atoms with Crippen molar-refractivity contribution in [3.8, 4) is 0 Å². The van der Waals surface area contributed by atoms with Gasteiger partial charge in [-0.05, 0) is 79.5 Å². The molecule has 3 heterocycles. The van der Waals surface area contributed by atoms with E-state index in [0.717, 1.165) is 37.0 Å². The number of H-pyrrole nitrogens is 1. The molecule has 0 radical (unpaired) electrons. The minimum Gasteiger partial charge on any atom is -0.465 e. The summed E-state index contributed by atoms with van der Waals surface area (Å²) in [5, 5.41) is 14.7. The summed E-state index contributed by atoms with van der Waals surface area (Å²) >= 11 is 0. The molecule has 1 aromatic carbocycles. The summed E-state index contributed by atoms with van der Waals surface area (Å²) in [4.78, 5) is 54.8. The highest BCUT2D eigenvalue weighted by molar-refractivity contribution is 5.96. The van der Waals surface area contributed by atoms with Gasteiger partial charge in [-0.2, -0.15) is 0 Å². The number of halogens is 1. The Hall–Kier alpha value is -4.41. The van der Waals surface area contributed by atoms with Gasteiger partial charge in [-0.15, -0.1) is 0 Å². The van der Waals surface area contributed by atoms with Crippen LogP contribution in [0.1, 0.15) is 57.7 Å². The van der Waals surface area contributed by atoms with Crippen molar-refractivity contribution in [3.63, 3.8) is 0 Å². The van der Waals surface area contributed by atoms with Crippen LogP contribution in [-0.4, -0.2) is 56.6 Å². The molecule has 0 bridgehead atoms. The second-order valence-corrected chi connectivity index (χ2v) is 11.9. The van der Waals surface area contributed by atoms with Crippen LogP contribution in [0.25, 0.3) is 10.9 Å². The van der Waals surface area contributed by atoms with Gasteiger partial charge in [0.15, 0.2) is 0 Å². The number of nitrogens with zero attached hydrogens (tertiary/aromatic N) is 2. The molecule has 10 nitrogen and oxygen atoms in total. The Kier molecular flexibility index (Phi) is 9.49. The number of carbonyl (C=O) groups is 3. The van der Waals surface area contributed by atoms with Gasteiger partial charge in [-0.25, -0.2) is 9.18 Å². The molecule has 1 aliphatic heterocycles. The standard InChI is InChI=1S/C31H38FN5O5/c1-31(2,3)18-21-16-22(32)15-20-17-23(33-27(20)21)19-37-14-8-10-25(29(37)40)34-28(39)24(35-30(41)42)9-4-5-11-26(38)36-12-6-7-13-36/h5,8,10-11,14-17,24,33,35H,4,6-7,9,12-13,18-19H2,1-3H3,(H,34,39)(H,41,42)/b11-5+/t24-/m0/s1. The third kappa shape index (κ3) is 8.08. The predicted octanol–water partition coefficient (Wildman–Crippen LogP) is 4.64. The molecule has 4 N–H and O–H groups in total. The minimum atomic E-state index is -1.38. The van der Waals surface area contributed by atoms with E-state index < -0.39 is 23.6 Å². The number of pyridine rings is 1. The predicted molar refractivity (Wildman–Crippen MR) is 159 cm³/mol. The first-order valence-corrected chi connectivity index (χ1v) is 14.1. The average Bonchev–Trinajstić information content (AvgIpc) is 3.57. The van der Waals surface area contributed by atoms with Crippen LogP contribution in [0.5, 0.6) is 0 Å². The number of fused-ring (bicyclic) bond motifs is 1. The van der Waals surface area contributed by atoms with Crippen molar-refractivity contribution < 1.29 is 23.9 Å². The molecule has 0 aliphatic carbocycles. The van der Waals surface area contributed by atoms with Crippen LogP contribution in [0, 0.1) is 11.2 Å². The fraction of sp³-hybridized carbons (Fsp3) is 0.419. The van der Waals surface area contributed by atoms with Crippen LogP contribution in [0.4, 0.5) is 14.9 Å². The molecule has 1 atom stereocenters. The first kappa shape index (κ1) is 30.5. The van der Waals surface area contributed by atoms with E-state index in [0.29, 0.717) is 17.5 Å². The number of likely N-dealkylation sites (tertiary alicyclic amines) is 1. The molecule has 11 heteroatoms. The number of amides is 3. The van der Waals surface area contributed by atoms with Crippen LogP contribution in [0.3, 0.4) is 0 Å². The summed E-state index contributed by atoms with van der Waals surface area (Å²) in [6.07, 6.45) is 6.28. The number of anilines is 1. The van der Waals surface area contributed by atoms with Crippen LogP contribution >= 0.6 is 0 Å². The molecule has 1 fully saturated rings. The van der Waals surface area contributed by atoms with Crippen LogP contribution < -0.4 is 16.2 Å². The number of rotatable bonds is 10. The van der Waals surface area contributed by atoms with Gasteiger partial charge in [0.1, 0.15) is 17.5 Å². The number of aromatic nitrogens is 2. The van der Waals surface area contributed by atoms with Crippen molar-refractivity contribution in [1.29, 1.82) is 0 Å². The van der Waals surface area contributed by atoms with Gasteiger partial charge in [0.25, 0.3) is 5.56 Å². The van der Waals surface area contributed by atoms with Crippen molar-refractivity contribution in [2.24, 2.45) is 5.41 Å². The molecule has 0 spiro atoms. The number of carbonyl (C=O) groups excluding carboxylic acids is 2. The first-order valence-electron chi connectivity index (χ1n) is 14.1. The van der Waals surface area contributed by atoms with E-state index in [1.54, 1.807) is 29.3 Å². The fourth-order valence-corrected chi connectivity index (χ4v) is 5.20. The van der Waals surface area contributed by atoms with E-state index in [4.69, 9.17) is 0 Å². The Labute approximate surface area is 243 Å². The number of hydrogen-bond donors (Lipinski definition) is 4. The van der Waals surface area contributed by atoms with Gasteiger partial charge in [-0.1, -0.05) is 26.8 Å². The molecule has 3 aromatic rings. The zero-order valence-electron chi connectivity index (χ0n) is 24.2. The van der Waals surface area contributed by atoms with Crippen molar-refractivity contribution in [2.45, 2.75) is 65.5 Å². The summed E-state index contributed by atoms with van der Waals surface area (Å²) in [7, 11) is 0. The quantitative estimate of drug-likeness (QED) is 0.260. The summed E-state index contributed by atoms with van der Waals surface area (Å²) < 4.78 is 15.7. The summed E-state index contributed by atoms with van der Waals surface area (Å²) in [5.41, 5.74) is 1.83. The highest BCUT2D eigenvalue weighted by Gasteiger charge is 2.22. The maximum absolute atomic E-state index is 14.3. The van der Waals surface area contributed by atoms with Gasteiger partial charge in [0.05, 0.1) is 6.54 Å². The molecule has 224 valence electrons. The molecule has 4 rings (SSSR count). The molecule has 1 saturated heterocycles. The van der Waals surface area contributed by atoms with E-state index in [1.165, 1.54) is 28.8 Å². The molecular weight excluding hydrogens is 541 g/mol. The molecule has 1 aliphatic rings. The highest BCUT2D eigenvalue weighted by Crippen LogP contribution is 2.28. The number of nitrogens with one attached hydrogen (secondary N) is 3. The molecule has 0 saturated carbocycles. The lowest BCUT2D eigenvalue weighted by molar-refractivity contribution is -0.125. The number of hydrogen-bond acceptors (Lipinski definition) is 4. The number of aromatic amines is 1. The summed E-state index contributed by atoms with van der Waals surface area (Å²) in [5.74, 6) is -1.11. The fourth-order valence-electron chi connectivity index (χ4n) is 5.20. The minimum absolute atomic E-state index is 0.00461. The van der Waals surface area contributed by atoms with Gasteiger partial charge in [0.2, 0.25) is 11.8 Å². The smallest absolute Gasteiger partial charge is 0.405 e. The third-order valence-electron chi connectivity index (χ3n) is 7.08. The Morgan fingerprint density at radius 1 is 1.17 bits per heavy atom. The first-order chi connectivity index (χ1) is 19.9. The topological polar surface area (TPSA) is 137 Å². The van der Waals surface area contributed by atoms with E-state index in [9.17, 15) is 28.7 Å². The van der Waals surface area contributed by atoms with Crippen molar-refractivity contribution >= 4 is 34.5 Å². The van der Waals surface area contributed by atoms with Crippen LogP contribution in [0.2, 0.25) is 0 Å². The van der Waals surface area contributed by atoms with Gasteiger partial charge in [0, 0.05) is 35.9 Å². The molecule has 3 amide bonds. The van der Waals surface area contributed by atoms with Crippen LogP contribution in [0.15, 0.2) is 53.5 Å². The van der Waals surface area contributed by atoms with Crippen LogP contribution in [-0.2, 0) is 22.6 Å². The third-order valence-corrected chi connectivity index (χ3v) is 7.08. The maximum atomic E-state index is 14.3. The Balaban J connectivity index is 1.45. The Bertz CT molecular complexity index is 1550. The normalized spacial score (nSPS) is 14.4. The molecule has 0 unspecified atom stereocenters. The van der Waals surface area contributed by atoms with Gasteiger partial charge < -0.3 is 30.2 Å². The second kappa shape index (κ2) is 13.1. The SMILES string of the molecule is CC(C)(C)Cc1cc(F)cc2cc(Cn3cccc(NC(=O)[C@H](CC/C=C/C(=O)N4CCCC4)NC(=O)O)c3=O)[nH]c12. The van der Waals surface area contributed by atoms with E-state index >= 15 is 0 Å². The molecular formula is C31H38FN5O5. The lowest BCUT2D eigenvalue weighted by Gasteiger charge is -2.18. The number of allylic oxidation sites excluding steroid dienone is 1. The van der Waals surface area contributed by atoms with E-state index in [2.05, 4.69) is 36.4 Å². The zero-order chi connectivity index (χ0) is 30.4. The Morgan fingerprint density at radius 3 is 2.60 bits per heavy atom. The van der Waals surface area contributed by atoms with Crippen molar-refractivity contribution in [1.82, 2.24) is 19.8 Å². The zero-order valence-corrected chi connectivity index (χ0v) is 24.2. The lowest BCUT2D eigenvalue weighted by Crippen LogP contribution is -2.44. The van der Waals surface area contributed by atoms with Crippen molar-refractivity contribution in [3.05, 3.63) is 76.1 Å². The number of carboxylic acid groups (broad SMARTS) is 1. The molecule has 42 heavy (non-hydrogen) atoms. The molecule has 2 aromatic heterocycles. The lowest BCUT2D eigenvalue weighted by atomic mass is 9.87. The van der Waals surface area contributed by atoms with E-state index in [1.807, 2.05) is 0 Å². The largest absolute Gasteiger partial charge is 0.465 e.